The van der Waals surface area contributed by atoms with Crippen molar-refractivity contribution in [3.05, 3.63) is 0 Å². The molecule has 0 saturated carbocycles. The number of ether oxygens (including phenoxy) is 1. The molecule has 1 heterocycles. The van der Waals surface area contributed by atoms with E-state index in [0.29, 0.717) is 0 Å². The average Bonchev–Trinajstić information content (AvgIpc) is 2.26. The third-order valence-electron chi connectivity index (χ3n) is 3.99. The fourth-order valence-corrected chi connectivity index (χ4v) is 2.48. The van der Waals surface area contributed by atoms with Crippen LogP contribution in [0, 0.1) is 17.8 Å². The molecule has 1 atom stereocenters. The monoisotopic (exact) mass is 255 g/mol. The Kier molecular flexibility index (Phi) is 5.06. The molecule has 18 heavy (non-hydrogen) atoms. The maximum atomic E-state index is 11.9. The fraction of sp³-hybridized carbons (Fsp3) is 0.933. The topological polar surface area (TPSA) is 29.5 Å². The van der Waals surface area contributed by atoms with Crippen molar-refractivity contribution >= 4 is 6.09 Å². The summed E-state index contributed by atoms with van der Waals surface area (Å²) in [6.45, 7) is 14.3. The molecule has 0 bridgehead atoms. The van der Waals surface area contributed by atoms with Gasteiger partial charge in [-0.1, -0.05) is 20.8 Å². The van der Waals surface area contributed by atoms with Crippen molar-refractivity contribution in [3.8, 4) is 0 Å². The molecule has 1 rings (SSSR count). The van der Waals surface area contributed by atoms with E-state index in [-0.39, 0.29) is 11.7 Å². The van der Waals surface area contributed by atoms with Crippen molar-refractivity contribution in [1.82, 2.24) is 4.90 Å². The second-order valence-electron chi connectivity index (χ2n) is 6.91. The lowest BCUT2D eigenvalue weighted by Crippen LogP contribution is -2.43. The molecule has 0 aliphatic carbocycles. The summed E-state index contributed by atoms with van der Waals surface area (Å²) >= 11 is 0. The number of rotatable bonds is 2. The molecule has 0 aromatic carbocycles. The second-order valence-corrected chi connectivity index (χ2v) is 6.91. The van der Waals surface area contributed by atoms with Gasteiger partial charge < -0.3 is 9.64 Å². The normalized spacial score (nSPS) is 20.1. The quantitative estimate of drug-likeness (QED) is 0.748. The molecule has 1 aliphatic heterocycles. The van der Waals surface area contributed by atoms with E-state index in [0.717, 1.165) is 43.7 Å². The average molecular weight is 255 g/mol. The predicted octanol–water partition coefficient (Wildman–Crippen LogP) is 3.93. The number of carbonyl (C=O) groups is 1. The molecule has 106 valence electrons. The molecule has 0 aromatic heterocycles. The summed E-state index contributed by atoms with van der Waals surface area (Å²) in [5.74, 6) is 2.22. The maximum Gasteiger partial charge on any atom is 0.410 e. The summed E-state index contributed by atoms with van der Waals surface area (Å²) in [5.41, 5.74) is -0.390. The van der Waals surface area contributed by atoms with Crippen LogP contribution in [0.2, 0.25) is 0 Å². The lowest BCUT2D eigenvalue weighted by molar-refractivity contribution is 0.0152. The Balaban J connectivity index is 2.42. The zero-order chi connectivity index (χ0) is 13.9. The van der Waals surface area contributed by atoms with E-state index in [1.165, 1.54) is 0 Å². The van der Waals surface area contributed by atoms with Crippen molar-refractivity contribution in [1.29, 1.82) is 0 Å². The highest BCUT2D eigenvalue weighted by Crippen LogP contribution is 2.30. The summed E-state index contributed by atoms with van der Waals surface area (Å²) in [6, 6.07) is 0. The van der Waals surface area contributed by atoms with Crippen molar-refractivity contribution < 1.29 is 9.53 Å². The first-order valence-corrected chi connectivity index (χ1v) is 7.18. The number of amides is 1. The minimum atomic E-state index is -0.390. The van der Waals surface area contributed by atoms with Gasteiger partial charge in [-0.3, -0.25) is 0 Å². The van der Waals surface area contributed by atoms with E-state index in [2.05, 4.69) is 20.8 Å². The third kappa shape index (κ3) is 4.51. The van der Waals surface area contributed by atoms with Gasteiger partial charge in [0.25, 0.3) is 0 Å². The molecule has 3 nitrogen and oxygen atoms in total. The Bertz CT molecular complexity index is 273. The molecule has 0 spiro atoms. The molecule has 3 heteroatoms. The maximum absolute atomic E-state index is 11.9. The number of hydrogen-bond acceptors (Lipinski definition) is 2. The fourth-order valence-electron chi connectivity index (χ4n) is 2.48. The first-order valence-electron chi connectivity index (χ1n) is 7.18. The SMILES string of the molecule is CC(C)C(C)C1CCN(C(=O)OC(C)(C)C)CC1. The third-order valence-corrected chi connectivity index (χ3v) is 3.99. The van der Waals surface area contributed by atoms with Crippen LogP contribution in [0.5, 0.6) is 0 Å². The highest BCUT2D eigenvalue weighted by Gasteiger charge is 2.29. The standard InChI is InChI=1S/C15H29NO2/c1-11(2)12(3)13-7-9-16(10-8-13)14(17)18-15(4,5)6/h11-13H,7-10H2,1-6H3. The molecule has 1 unspecified atom stereocenters. The molecular weight excluding hydrogens is 226 g/mol. The van der Waals surface area contributed by atoms with E-state index in [4.69, 9.17) is 4.74 Å². The molecule has 1 amide bonds. The van der Waals surface area contributed by atoms with Crippen LogP contribution in [-0.2, 0) is 4.74 Å². The van der Waals surface area contributed by atoms with Gasteiger partial charge in [-0.05, 0) is 51.4 Å². The highest BCUT2D eigenvalue weighted by atomic mass is 16.6. The second kappa shape index (κ2) is 5.94. The van der Waals surface area contributed by atoms with E-state index < -0.39 is 0 Å². The van der Waals surface area contributed by atoms with Gasteiger partial charge in [-0.15, -0.1) is 0 Å². The van der Waals surface area contributed by atoms with Gasteiger partial charge in [0.2, 0.25) is 0 Å². The Morgan fingerprint density at radius 2 is 1.67 bits per heavy atom. The number of carbonyl (C=O) groups excluding carboxylic acids is 1. The summed E-state index contributed by atoms with van der Waals surface area (Å²) in [4.78, 5) is 13.8. The van der Waals surface area contributed by atoms with E-state index in [1.807, 2.05) is 25.7 Å². The summed E-state index contributed by atoms with van der Waals surface area (Å²) < 4.78 is 5.41. The Morgan fingerprint density at radius 3 is 2.06 bits per heavy atom. The largest absolute Gasteiger partial charge is 0.444 e. The first-order chi connectivity index (χ1) is 8.20. The molecule has 1 fully saturated rings. The smallest absolute Gasteiger partial charge is 0.410 e. The molecule has 0 aromatic rings. The van der Waals surface area contributed by atoms with Crippen molar-refractivity contribution in [2.24, 2.45) is 17.8 Å². The van der Waals surface area contributed by atoms with Crippen molar-refractivity contribution in [2.75, 3.05) is 13.1 Å². The summed E-state index contributed by atoms with van der Waals surface area (Å²) in [6.07, 6.45) is 2.06. The number of piperidine rings is 1. The molecule has 1 saturated heterocycles. The number of hydrogen-bond donors (Lipinski definition) is 0. The van der Waals surface area contributed by atoms with Crippen LogP contribution in [0.4, 0.5) is 4.79 Å². The predicted molar refractivity (Wildman–Crippen MR) is 74.5 cm³/mol. The van der Waals surface area contributed by atoms with Gasteiger partial charge in [-0.25, -0.2) is 4.79 Å². The molecule has 1 aliphatic rings. The van der Waals surface area contributed by atoms with Gasteiger partial charge in [0, 0.05) is 13.1 Å². The van der Waals surface area contributed by atoms with Crippen molar-refractivity contribution in [3.63, 3.8) is 0 Å². The molecule has 0 N–H and O–H groups in total. The van der Waals surface area contributed by atoms with Gasteiger partial charge in [0.05, 0.1) is 0 Å². The first kappa shape index (κ1) is 15.3. The van der Waals surface area contributed by atoms with E-state index in [1.54, 1.807) is 0 Å². The minimum Gasteiger partial charge on any atom is -0.444 e. The van der Waals surface area contributed by atoms with Crippen LogP contribution in [-0.4, -0.2) is 29.7 Å². The highest BCUT2D eigenvalue weighted by molar-refractivity contribution is 5.68. The zero-order valence-electron chi connectivity index (χ0n) is 12.8. The number of likely N-dealkylation sites (tertiary alicyclic amines) is 1. The molecular formula is C15H29NO2. The van der Waals surface area contributed by atoms with Gasteiger partial charge in [0.1, 0.15) is 5.60 Å². The minimum absolute atomic E-state index is 0.154. The van der Waals surface area contributed by atoms with Gasteiger partial charge in [0.15, 0.2) is 0 Å². The van der Waals surface area contributed by atoms with Crippen LogP contribution < -0.4 is 0 Å². The van der Waals surface area contributed by atoms with Gasteiger partial charge in [-0.2, -0.15) is 0 Å². The Morgan fingerprint density at radius 1 is 1.17 bits per heavy atom. The lowest BCUT2D eigenvalue weighted by Gasteiger charge is -2.36. The summed E-state index contributed by atoms with van der Waals surface area (Å²) in [7, 11) is 0. The van der Waals surface area contributed by atoms with E-state index >= 15 is 0 Å². The van der Waals surface area contributed by atoms with Crippen LogP contribution in [0.1, 0.15) is 54.4 Å². The van der Waals surface area contributed by atoms with Crippen LogP contribution in [0.3, 0.4) is 0 Å². The molecule has 0 radical (unpaired) electrons. The van der Waals surface area contributed by atoms with E-state index in [9.17, 15) is 4.79 Å². The van der Waals surface area contributed by atoms with Crippen LogP contribution in [0.25, 0.3) is 0 Å². The van der Waals surface area contributed by atoms with Crippen LogP contribution >= 0.6 is 0 Å². The lowest BCUT2D eigenvalue weighted by atomic mass is 9.79. The zero-order valence-corrected chi connectivity index (χ0v) is 12.8. The number of nitrogens with zero attached hydrogens (tertiary/aromatic N) is 1. The Hall–Kier alpha value is -0.730. The van der Waals surface area contributed by atoms with Crippen molar-refractivity contribution in [2.45, 2.75) is 60.0 Å². The Labute approximate surface area is 112 Å². The van der Waals surface area contributed by atoms with Gasteiger partial charge >= 0.3 is 6.09 Å². The summed E-state index contributed by atoms with van der Waals surface area (Å²) in [5, 5.41) is 0. The van der Waals surface area contributed by atoms with Crippen LogP contribution in [0.15, 0.2) is 0 Å².